The van der Waals surface area contributed by atoms with Crippen molar-refractivity contribution in [1.29, 1.82) is 0 Å². The van der Waals surface area contributed by atoms with Crippen LogP contribution < -0.4 is 15.8 Å². The summed E-state index contributed by atoms with van der Waals surface area (Å²) < 4.78 is 51.2. The van der Waals surface area contributed by atoms with E-state index in [9.17, 15) is 22.8 Å². The third-order valence-corrected chi connectivity index (χ3v) is 4.30. The van der Waals surface area contributed by atoms with Gasteiger partial charge < -0.3 is 25.3 Å². The van der Waals surface area contributed by atoms with E-state index in [1.54, 1.807) is 6.07 Å². The number of carbonyl (C=O) groups excluding carboxylic acids is 2. The zero-order valence-electron chi connectivity index (χ0n) is 15.4. The Bertz CT molecular complexity index is 1080. The summed E-state index contributed by atoms with van der Waals surface area (Å²) in [6.45, 7) is -0.939. The maximum atomic E-state index is 13.7. The third-order valence-electron chi connectivity index (χ3n) is 4.30. The molecule has 30 heavy (non-hydrogen) atoms. The molecule has 0 saturated carbocycles. The molecule has 0 aliphatic heterocycles. The van der Waals surface area contributed by atoms with Crippen molar-refractivity contribution in [2.75, 3.05) is 6.61 Å². The average molecular weight is 422 g/mol. The number of furan rings is 1. The minimum atomic E-state index is -3.12. The maximum absolute atomic E-state index is 13.7. The highest BCUT2D eigenvalue weighted by molar-refractivity contribution is 6.08. The van der Waals surface area contributed by atoms with E-state index in [4.69, 9.17) is 20.0 Å². The summed E-state index contributed by atoms with van der Waals surface area (Å²) in [7, 11) is 0. The van der Waals surface area contributed by atoms with Crippen molar-refractivity contribution in [2.24, 2.45) is 5.73 Å². The van der Waals surface area contributed by atoms with Crippen LogP contribution in [-0.2, 0) is 11.4 Å². The van der Waals surface area contributed by atoms with Gasteiger partial charge in [0.15, 0.2) is 5.76 Å². The number of amides is 2. The highest BCUT2D eigenvalue weighted by atomic mass is 19.3. The number of rotatable bonds is 8. The van der Waals surface area contributed by atoms with Gasteiger partial charge in [-0.25, -0.2) is 13.2 Å². The molecule has 158 valence electrons. The summed E-state index contributed by atoms with van der Waals surface area (Å²) in [5, 5.41) is 11.2. The first-order chi connectivity index (χ1) is 14.3. The van der Waals surface area contributed by atoms with E-state index in [0.29, 0.717) is 0 Å². The van der Waals surface area contributed by atoms with Crippen LogP contribution in [0.25, 0.3) is 11.0 Å². The zero-order chi connectivity index (χ0) is 21.8. The van der Waals surface area contributed by atoms with Gasteiger partial charge in [0.25, 0.3) is 12.3 Å². The van der Waals surface area contributed by atoms with Crippen LogP contribution in [0.4, 0.5) is 13.2 Å². The Hall–Kier alpha value is -3.53. The number of hydrogen-bond donors (Lipinski definition) is 3. The first kappa shape index (κ1) is 21.2. The van der Waals surface area contributed by atoms with Gasteiger partial charge in [0.1, 0.15) is 29.8 Å². The molecule has 0 aliphatic rings. The molecule has 0 spiro atoms. The standard InChI is InChI=1S/C20H17F3N2O5/c21-13-4-2-1-3-10(13)9-29-11-5-6-15-12(7-11)16(17(30-15)18(22)23)20(28)25-14(8-26)19(24)27/h1-7,14,18,26H,8-9H2,(H2,24,27)(H,25,28)/t14-/m0/s1. The summed E-state index contributed by atoms with van der Waals surface area (Å²) in [6, 6.07) is 8.53. The van der Waals surface area contributed by atoms with Crippen molar-refractivity contribution in [3.05, 3.63) is 65.2 Å². The molecule has 0 radical (unpaired) electrons. The molecule has 0 fully saturated rings. The van der Waals surface area contributed by atoms with Gasteiger partial charge in [-0.15, -0.1) is 0 Å². The Morgan fingerprint density at radius 2 is 1.93 bits per heavy atom. The van der Waals surface area contributed by atoms with Crippen LogP contribution in [0.3, 0.4) is 0 Å². The molecule has 2 aromatic carbocycles. The number of benzene rings is 2. The molecule has 3 aromatic rings. The number of aliphatic hydroxyl groups excluding tert-OH is 1. The second-order valence-electron chi connectivity index (χ2n) is 6.29. The predicted molar refractivity (Wildman–Crippen MR) is 99.4 cm³/mol. The summed E-state index contributed by atoms with van der Waals surface area (Å²) in [6.07, 6.45) is -3.12. The quantitative estimate of drug-likeness (QED) is 0.516. The highest BCUT2D eigenvalue weighted by Gasteiger charge is 2.29. The molecule has 7 nitrogen and oxygen atoms in total. The Morgan fingerprint density at radius 1 is 1.20 bits per heavy atom. The van der Waals surface area contributed by atoms with Gasteiger partial charge in [-0.3, -0.25) is 9.59 Å². The van der Waals surface area contributed by atoms with Crippen molar-refractivity contribution in [1.82, 2.24) is 5.32 Å². The molecule has 4 N–H and O–H groups in total. The zero-order valence-corrected chi connectivity index (χ0v) is 15.4. The maximum Gasteiger partial charge on any atom is 0.296 e. The normalized spacial score (nSPS) is 12.2. The number of carbonyl (C=O) groups is 2. The van der Waals surface area contributed by atoms with E-state index in [0.717, 1.165) is 0 Å². The molecule has 10 heteroatoms. The number of alkyl halides is 2. The Morgan fingerprint density at radius 3 is 2.57 bits per heavy atom. The lowest BCUT2D eigenvalue weighted by Crippen LogP contribution is -2.46. The Labute approximate surface area is 168 Å². The molecule has 1 heterocycles. The molecule has 1 aromatic heterocycles. The van der Waals surface area contributed by atoms with E-state index in [2.05, 4.69) is 5.32 Å². The number of halogens is 3. The van der Waals surface area contributed by atoms with Crippen molar-refractivity contribution in [3.8, 4) is 5.75 Å². The van der Waals surface area contributed by atoms with Gasteiger partial charge in [-0.2, -0.15) is 0 Å². The first-order valence-electron chi connectivity index (χ1n) is 8.73. The molecule has 2 amide bonds. The Kier molecular flexibility index (Phi) is 6.26. The van der Waals surface area contributed by atoms with Crippen LogP contribution in [0, 0.1) is 5.82 Å². The van der Waals surface area contributed by atoms with Crippen molar-refractivity contribution in [3.63, 3.8) is 0 Å². The second kappa shape index (κ2) is 8.87. The molecule has 0 aliphatic carbocycles. The largest absolute Gasteiger partial charge is 0.489 e. The predicted octanol–water partition coefficient (Wildman–Crippen LogP) is 2.66. The van der Waals surface area contributed by atoms with Crippen molar-refractivity contribution >= 4 is 22.8 Å². The van der Waals surface area contributed by atoms with Crippen LogP contribution in [0.2, 0.25) is 0 Å². The molecule has 0 saturated heterocycles. The minimum absolute atomic E-state index is 0.00464. The lowest BCUT2D eigenvalue weighted by Gasteiger charge is -2.12. The van der Waals surface area contributed by atoms with Crippen molar-refractivity contribution < 1.29 is 37.0 Å². The first-order valence-corrected chi connectivity index (χ1v) is 8.73. The van der Waals surface area contributed by atoms with Crippen LogP contribution in [0.1, 0.15) is 28.1 Å². The fraction of sp³-hybridized carbons (Fsp3) is 0.200. The van der Waals surface area contributed by atoms with Gasteiger partial charge in [0, 0.05) is 10.9 Å². The summed E-state index contributed by atoms with van der Waals surface area (Å²) in [5.74, 6) is -3.31. The summed E-state index contributed by atoms with van der Waals surface area (Å²) in [5.41, 5.74) is 4.80. The van der Waals surface area contributed by atoms with E-state index in [-0.39, 0.29) is 28.9 Å². The molecular formula is C20H17F3N2O5. The molecule has 1 atom stereocenters. The van der Waals surface area contributed by atoms with Gasteiger partial charge in [-0.05, 0) is 24.3 Å². The van der Waals surface area contributed by atoms with Crippen LogP contribution >= 0.6 is 0 Å². The lowest BCUT2D eigenvalue weighted by molar-refractivity contribution is -0.120. The summed E-state index contributed by atoms with van der Waals surface area (Å²) in [4.78, 5) is 23.8. The summed E-state index contributed by atoms with van der Waals surface area (Å²) >= 11 is 0. The number of hydrogen-bond acceptors (Lipinski definition) is 5. The number of aliphatic hydroxyl groups is 1. The fourth-order valence-electron chi connectivity index (χ4n) is 2.79. The van der Waals surface area contributed by atoms with E-state index in [1.165, 1.54) is 36.4 Å². The van der Waals surface area contributed by atoms with E-state index >= 15 is 0 Å². The molecule has 3 rings (SSSR count). The number of primary amides is 1. The van der Waals surface area contributed by atoms with Gasteiger partial charge >= 0.3 is 0 Å². The number of nitrogens with one attached hydrogen (secondary N) is 1. The smallest absolute Gasteiger partial charge is 0.296 e. The number of nitrogens with two attached hydrogens (primary N) is 1. The molecular weight excluding hydrogens is 405 g/mol. The van der Waals surface area contributed by atoms with Gasteiger partial charge in [0.2, 0.25) is 5.91 Å². The van der Waals surface area contributed by atoms with Crippen molar-refractivity contribution in [2.45, 2.75) is 19.1 Å². The number of ether oxygens (including phenoxy) is 1. The average Bonchev–Trinajstić information content (AvgIpc) is 3.10. The second-order valence-corrected chi connectivity index (χ2v) is 6.29. The van der Waals surface area contributed by atoms with Gasteiger partial charge in [-0.1, -0.05) is 18.2 Å². The lowest BCUT2D eigenvalue weighted by atomic mass is 10.1. The number of fused-ring (bicyclic) bond motifs is 1. The fourth-order valence-corrected chi connectivity index (χ4v) is 2.79. The highest BCUT2D eigenvalue weighted by Crippen LogP contribution is 2.35. The molecule has 0 unspecified atom stereocenters. The van der Waals surface area contributed by atoms with Crippen LogP contribution in [0.5, 0.6) is 5.75 Å². The Balaban J connectivity index is 1.95. The third kappa shape index (κ3) is 4.38. The molecule has 0 bridgehead atoms. The minimum Gasteiger partial charge on any atom is -0.489 e. The van der Waals surface area contributed by atoms with E-state index in [1.807, 2.05) is 0 Å². The van der Waals surface area contributed by atoms with E-state index < -0.39 is 48.0 Å². The topological polar surface area (TPSA) is 115 Å². The monoisotopic (exact) mass is 422 g/mol. The van der Waals surface area contributed by atoms with Gasteiger partial charge in [0.05, 0.1) is 12.2 Å². The SMILES string of the molecule is NC(=O)[C@H](CO)NC(=O)c1c(C(F)F)oc2ccc(OCc3ccccc3F)cc12. The van der Waals surface area contributed by atoms with Crippen LogP contribution in [0.15, 0.2) is 46.9 Å². The van der Waals surface area contributed by atoms with Crippen LogP contribution in [-0.4, -0.2) is 29.6 Å².